The number of hydrogen-bond acceptors (Lipinski definition) is 4. The van der Waals surface area contributed by atoms with Crippen LogP contribution in [-0.2, 0) is 14.4 Å². The number of anilines is 1. The van der Waals surface area contributed by atoms with Crippen molar-refractivity contribution < 1.29 is 19.5 Å². The smallest absolute Gasteiger partial charge is 0.323 e. The number of carbonyl (C=O) groups is 3. The number of carbonyl (C=O) groups excluding carboxylic acids is 2. The standard InChI is InChI=1S/C15H18N2O4/c1-9-5-4-6-12(10(9)2)16-7-13(18)17(8-14(19)20)15(21)11(16)3/h4-6,11H,7-8H2,1-3H3,(H,19,20). The maximum Gasteiger partial charge on any atom is 0.323 e. The SMILES string of the molecule is Cc1cccc(N2CC(=O)N(CC(=O)O)C(=O)C2C)c1C. The molecule has 0 aliphatic carbocycles. The van der Waals surface area contributed by atoms with Gasteiger partial charge >= 0.3 is 5.97 Å². The Morgan fingerprint density at radius 1 is 1.33 bits per heavy atom. The van der Waals surface area contributed by atoms with Gasteiger partial charge in [0.2, 0.25) is 5.91 Å². The minimum absolute atomic E-state index is 0.00444. The number of amides is 2. The number of imide groups is 1. The van der Waals surface area contributed by atoms with Gasteiger partial charge in [0.1, 0.15) is 12.6 Å². The molecule has 2 amide bonds. The molecule has 21 heavy (non-hydrogen) atoms. The summed E-state index contributed by atoms with van der Waals surface area (Å²) < 4.78 is 0. The molecule has 1 fully saturated rings. The molecule has 0 bridgehead atoms. The van der Waals surface area contributed by atoms with Crippen LogP contribution in [0.5, 0.6) is 0 Å². The van der Waals surface area contributed by atoms with Gasteiger partial charge < -0.3 is 10.0 Å². The first-order valence-corrected chi connectivity index (χ1v) is 6.71. The van der Waals surface area contributed by atoms with E-state index in [0.717, 1.165) is 21.7 Å². The minimum atomic E-state index is -1.19. The molecule has 6 nitrogen and oxygen atoms in total. The number of piperazine rings is 1. The monoisotopic (exact) mass is 290 g/mol. The third-order valence-corrected chi connectivity index (χ3v) is 3.88. The van der Waals surface area contributed by atoms with Gasteiger partial charge in [-0.05, 0) is 38.0 Å². The van der Waals surface area contributed by atoms with Crippen molar-refractivity contribution in [1.82, 2.24) is 4.90 Å². The zero-order valence-corrected chi connectivity index (χ0v) is 12.3. The fourth-order valence-electron chi connectivity index (χ4n) is 2.49. The second-order valence-electron chi connectivity index (χ2n) is 5.23. The molecule has 112 valence electrons. The van der Waals surface area contributed by atoms with E-state index in [-0.39, 0.29) is 6.54 Å². The third kappa shape index (κ3) is 2.74. The fraction of sp³-hybridized carbons (Fsp3) is 0.400. The van der Waals surface area contributed by atoms with E-state index in [1.165, 1.54) is 0 Å². The van der Waals surface area contributed by atoms with Crippen LogP contribution in [0.2, 0.25) is 0 Å². The molecule has 1 aromatic rings. The lowest BCUT2D eigenvalue weighted by Crippen LogP contribution is -2.60. The molecule has 1 N–H and O–H groups in total. The van der Waals surface area contributed by atoms with Gasteiger partial charge in [0.05, 0.1) is 6.54 Å². The minimum Gasteiger partial charge on any atom is -0.480 e. The van der Waals surface area contributed by atoms with Gasteiger partial charge in [0, 0.05) is 5.69 Å². The van der Waals surface area contributed by atoms with E-state index in [0.29, 0.717) is 0 Å². The molecule has 1 aliphatic rings. The van der Waals surface area contributed by atoms with Crippen molar-refractivity contribution in [3.8, 4) is 0 Å². The quantitative estimate of drug-likeness (QED) is 0.839. The highest BCUT2D eigenvalue weighted by Crippen LogP contribution is 2.27. The topological polar surface area (TPSA) is 77.9 Å². The summed E-state index contributed by atoms with van der Waals surface area (Å²) in [4.78, 5) is 37.6. The lowest BCUT2D eigenvalue weighted by molar-refractivity contribution is -0.154. The summed E-state index contributed by atoms with van der Waals surface area (Å²) in [5.41, 5.74) is 2.92. The largest absolute Gasteiger partial charge is 0.480 e. The molecule has 1 aliphatic heterocycles. The van der Waals surface area contributed by atoms with Crippen LogP contribution < -0.4 is 4.90 Å². The average Bonchev–Trinajstić information content (AvgIpc) is 2.42. The molecule has 0 spiro atoms. The van der Waals surface area contributed by atoms with E-state index >= 15 is 0 Å². The van der Waals surface area contributed by atoms with E-state index in [1.807, 2.05) is 32.0 Å². The summed E-state index contributed by atoms with van der Waals surface area (Å²) in [6, 6.07) is 5.14. The summed E-state index contributed by atoms with van der Waals surface area (Å²) >= 11 is 0. The molecule has 1 unspecified atom stereocenters. The molecular formula is C15H18N2O4. The number of rotatable bonds is 3. The highest BCUT2D eigenvalue weighted by molar-refractivity contribution is 6.06. The third-order valence-electron chi connectivity index (χ3n) is 3.88. The Bertz CT molecular complexity index is 612. The van der Waals surface area contributed by atoms with Crippen LogP contribution in [-0.4, -0.2) is 46.9 Å². The van der Waals surface area contributed by atoms with Crippen LogP contribution in [0.3, 0.4) is 0 Å². The molecule has 2 rings (SSSR count). The number of hydrogen-bond donors (Lipinski definition) is 1. The zero-order valence-electron chi connectivity index (χ0n) is 12.3. The van der Waals surface area contributed by atoms with Gasteiger partial charge in [0.25, 0.3) is 5.91 Å². The number of aryl methyl sites for hydroxylation is 1. The van der Waals surface area contributed by atoms with Gasteiger partial charge in [-0.3, -0.25) is 19.3 Å². The first-order chi connectivity index (χ1) is 9.82. The Morgan fingerprint density at radius 3 is 2.62 bits per heavy atom. The molecule has 1 aromatic carbocycles. The molecule has 0 saturated carbocycles. The Kier molecular flexibility index (Phi) is 3.97. The van der Waals surface area contributed by atoms with Crippen LogP contribution in [0.15, 0.2) is 18.2 Å². The van der Waals surface area contributed by atoms with Crippen molar-refractivity contribution in [2.45, 2.75) is 26.8 Å². The highest BCUT2D eigenvalue weighted by Gasteiger charge is 2.38. The molecule has 1 saturated heterocycles. The lowest BCUT2D eigenvalue weighted by Gasteiger charge is -2.39. The summed E-state index contributed by atoms with van der Waals surface area (Å²) in [5, 5.41) is 8.79. The maximum absolute atomic E-state index is 12.3. The Balaban J connectivity index is 2.33. The highest BCUT2D eigenvalue weighted by atomic mass is 16.4. The molecule has 1 heterocycles. The lowest BCUT2D eigenvalue weighted by atomic mass is 10.0. The Labute approximate surface area is 123 Å². The second-order valence-corrected chi connectivity index (χ2v) is 5.23. The average molecular weight is 290 g/mol. The molecular weight excluding hydrogens is 272 g/mol. The van der Waals surface area contributed by atoms with Crippen LogP contribution in [0, 0.1) is 13.8 Å². The van der Waals surface area contributed by atoms with Gasteiger partial charge in [-0.15, -0.1) is 0 Å². The molecule has 0 radical (unpaired) electrons. The van der Waals surface area contributed by atoms with Crippen LogP contribution in [0.4, 0.5) is 5.69 Å². The van der Waals surface area contributed by atoms with E-state index in [4.69, 9.17) is 5.11 Å². The maximum atomic E-state index is 12.3. The molecule has 0 aromatic heterocycles. The number of carboxylic acids is 1. The first kappa shape index (κ1) is 15.0. The van der Waals surface area contributed by atoms with Crippen LogP contribution in [0.1, 0.15) is 18.1 Å². The molecule has 1 atom stereocenters. The summed E-state index contributed by atoms with van der Waals surface area (Å²) in [5.74, 6) is -2.15. The van der Waals surface area contributed by atoms with Crippen molar-refractivity contribution in [2.75, 3.05) is 18.0 Å². The van der Waals surface area contributed by atoms with E-state index < -0.39 is 30.4 Å². The van der Waals surface area contributed by atoms with Gasteiger partial charge in [-0.25, -0.2) is 0 Å². The van der Waals surface area contributed by atoms with Crippen LogP contribution in [0.25, 0.3) is 0 Å². The molecule has 6 heteroatoms. The Morgan fingerprint density at radius 2 is 2.00 bits per heavy atom. The van der Waals surface area contributed by atoms with Gasteiger partial charge in [-0.1, -0.05) is 12.1 Å². The van der Waals surface area contributed by atoms with Crippen LogP contribution >= 0.6 is 0 Å². The fourth-order valence-corrected chi connectivity index (χ4v) is 2.49. The van der Waals surface area contributed by atoms with Crippen molar-refractivity contribution in [3.63, 3.8) is 0 Å². The predicted molar refractivity (Wildman–Crippen MR) is 77.1 cm³/mol. The van der Waals surface area contributed by atoms with E-state index in [1.54, 1.807) is 11.8 Å². The Hall–Kier alpha value is -2.37. The predicted octanol–water partition coefficient (Wildman–Crippen LogP) is 0.952. The summed E-state index contributed by atoms with van der Waals surface area (Å²) in [6.45, 7) is 5.02. The number of nitrogens with zero attached hydrogens (tertiary/aromatic N) is 2. The van der Waals surface area contributed by atoms with Gasteiger partial charge in [0.15, 0.2) is 0 Å². The van der Waals surface area contributed by atoms with Crippen molar-refractivity contribution >= 4 is 23.5 Å². The number of benzene rings is 1. The zero-order chi connectivity index (χ0) is 15.7. The normalized spacial score (nSPS) is 19.1. The first-order valence-electron chi connectivity index (χ1n) is 6.71. The van der Waals surface area contributed by atoms with Crippen molar-refractivity contribution in [1.29, 1.82) is 0 Å². The summed E-state index contributed by atoms with van der Waals surface area (Å²) in [6.07, 6.45) is 0. The second kappa shape index (κ2) is 5.55. The van der Waals surface area contributed by atoms with E-state index in [9.17, 15) is 14.4 Å². The number of aliphatic carboxylic acids is 1. The summed E-state index contributed by atoms with van der Waals surface area (Å²) in [7, 11) is 0. The van der Waals surface area contributed by atoms with Crippen molar-refractivity contribution in [2.24, 2.45) is 0 Å². The van der Waals surface area contributed by atoms with Crippen molar-refractivity contribution in [3.05, 3.63) is 29.3 Å². The van der Waals surface area contributed by atoms with E-state index in [2.05, 4.69) is 0 Å². The van der Waals surface area contributed by atoms with Gasteiger partial charge in [-0.2, -0.15) is 0 Å². The number of carboxylic acid groups (broad SMARTS) is 1.